The molecule has 0 fully saturated rings. The van der Waals surface area contributed by atoms with Crippen LogP contribution < -0.4 is 18.9 Å². The second-order valence-electron chi connectivity index (χ2n) is 6.20. The molecule has 1 aromatic heterocycles. The fourth-order valence-corrected chi connectivity index (χ4v) is 3.52. The maximum Gasteiger partial charge on any atom is 0.231 e. The van der Waals surface area contributed by atoms with Crippen LogP contribution >= 0.6 is 11.8 Å². The van der Waals surface area contributed by atoms with Crippen LogP contribution in [0, 0.1) is 0 Å². The van der Waals surface area contributed by atoms with Crippen molar-refractivity contribution in [2.75, 3.05) is 19.7 Å². The Balaban J connectivity index is 1.34. The zero-order chi connectivity index (χ0) is 20.2. The Morgan fingerprint density at radius 1 is 1.10 bits per heavy atom. The zero-order valence-corrected chi connectivity index (χ0v) is 16.8. The molecular formula is C20H19N3O5S. The van der Waals surface area contributed by atoms with E-state index in [0.717, 1.165) is 5.75 Å². The monoisotopic (exact) mass is 413 g/mol. The summed E-state index contributed by atoms with van der Waals surface area (Å²) >= 11 is 1.33. The van der Waals surface area contributed by atoms with Crippen LogP contribution in [-0.4, -0.2) is 40.2 Å². The summed E-state index contributed by atoms with van der Waals surface area (Å²) in [7, 11) is 3.46. The molecule has 0 spiro atoms. The zero-order valence-electron chi connectivity index (χ0n) is 16.0. The molecule has 0 unspecified atom stereocenters. The molecule has 0 aliphatic carbocycles. The van der Waals surface area contributed by atoms with E-state index >= 15 is 0 Å². The molecule has 0 bridgehead atoms. The van der Waals surface area contributed by atoms with E-state index in [1.165, 1.54) is 11.8 Å². The molecule has 8 nitrogen and oxygen atoms in total. The molecule has 1 aliphatic heterocycles. The third-order valence-electron chi connectivity index (χ3n) is 4.38. The maximum absolute atomic E-state index is 12.5. The number of hydrogen-bond acceptors (Lipinski definition) is 8. The molecule has 0 radical (unpaired) electrons. The number of nitrogens with zero attached hydrogens (tertiary/aromatic N) is 3. The van der Waals surface area contributed by atoms with Crippen LogP contribution in [0.3, 0.4) is 0 Å². The highest BCUT2D eigenvalue weighted by Gasteiger charge is 2.17. The third kappa shape index (κ3) is 4.29. The van der Waals surface area contributed by atoms with Crippen LogP contribution in [0.2, 0.25) is 0 Å². The highest BCUT2D eigenvalue weighted by atomic mass is 32.2. The van der Waals surface area contributed by atoms with Gasteiger partial charge in [0.25, 0.3) is 0 Å². The number of carbonyl (C=O) groups is 1. The second kappa shape index (κ2) is 8.44. The Bertz CT molecular complexity index is 1020. The van der Waals surface area contributed by atoms with Crippen molar-refractivity contribution in [2.45, 2.75) is 11.8 Å². The van der Waals surface area contributed by atoms with E-state index < -0.39 is 0 Å². The number of carbonyl (C=O) groups excluding carboxylic acids is 1. The quantitative estimate of drug-likeness (QED) is 0.411. The average molecular weight is 413 g/mol. The predicted molar refractivity (Wildman–Crippen MR) is 106 cm³/mol. The Labute approximate surface area is 171 Å². The molecule has 2 heterocycles. The lowest BCUT2D eigenvalue weighted by molar-refractivity contribution is 0.102. The number of benzene rings is 2. The average Bonchev–Trinajstić information content (AvgIpc) is 3.36. The number of fused-ring (bicyclic) bond motifs is 1. The van der Waals surface area contributed by atoms with Crippen LogP contribution in [0.1, 0.15) is 16.2 Å². The molecule has 0 N–H and O–H groups in total. The Morgan fingerprint density at radius 2 is 1.86 bits per heavy atom. The van der Waals surface area contributed by atoms with Gasteiger partial charge in [-0.1, -0.05) is 11.8 Å². The van der Waals surface area contributed by atoms with Crippen LogP contribution in [0.4, 0.5) is 0 Å². The summed E-state index contributed by atoms with van der Waals surface area (Å²) in [6, 6.07) is 12.5. The molecule has 0 saturated heterocycles. The Morgan fingerprint density at radius 3 is 2.66 bits per heavy atom. The van der Waals surface area contributed by atoms with Crippen LogP contribution in [0.25, 0.3) is 0 Å². The lowest BCUT2D eigenvalue weighted by Gasteiger charge is -2.07. The number of thioether (sulfide) groups is 1. The normalized spacial score (nSPS) is 12.1. The van der Waals surface area contributed by atoms with E-state index in [1.54, 1.807) is 25.3 Å². The van der Waals surface area contributed by atoms with Crippen molar-refractivity contribution in [3.63, 3.8) is 0 Å². The summed E-state index contributed by atoms with van der Waals surface area (Å²) in [6.45, 7) is 0.453. The standard InChI is InChI=1S/C20H19N3O5S/c1-23-19(10-26-15-6-4-14(25-2)5-7-15)21-22-20(23)29-11-16(24)13-3-8-17-18(9-13)28-12-27-17/h3-9H,10-12H2,1-2H3. The van der Waals surface area contributed by atoms with Gasteiger partial charge in [0, 0.05) is 12.6 Å². The molecule has 0 amide bonds. The SMILES string of the molecule is COc1ccc(OCc2nnc(SCC(=O)c3ccc4c(c3)OCO4)n2C)cc1. The molecule has 2 aromatic carbocycles. The molecule has 3 aromatic rings. The number of aromatic nitrogens is 3. The molecule has 4 rings (SSSR count). The molecule has 0 atom stereocenters. The first-order chi connectivity index (χ1) is 14.1. The number of ketones is 1. The summed E-state index contributed by atoms with van der Waals surface area (Å²) in [5.74, 6) is 3.61. The molecule has 9 heteroatoms. The van der Waals surface area contributed by atoms with Crippen molar-refractivity contribution in [1.82, 2.24) is 14.8 Å². The van der Waals surface area contributed by atoms with E-state index in [-0.39, 0.29) is 24.9 Å². The molecule has 150 valence electrons. The van der Waals surface area contributed by atoms with Crippen molar-refractivity contribution < 1.29 is 23.7 Å². The van der Waals surface area contributed by atoms with Crippen molar-refractivity contribution in [1.29, 1.82) is 0 Å². The molecule has 29 heavy (non-hydrogen) atoms. The summed E-state index contributed by atoms with van der Waals surface area (Å²) in [5.41, 5.74) is 0.576. The first-order valence-electron chi connectivity index (χ1n) is 8.85. The smallest absolute Gasteiger partial charge is 0.231 e. The number of methoxy groups -OCH3 is 1. The van der Waals surface area contributed by atoms with E-state index in [4.69, 9.17) is 18.9 Å². The highest BCUT2D eigenvalue weighted by Crippen LogP contribution is 2.33. The predicted octanol–water partition coefficient (Wildman–Crippen LogP) is 3.11. The third-order valence-corrected chi connectivity index (χ3v) is 5.40. The van der Waals surface area contributed by atoms with Gasteiger partial charge < -0.3 is 23.5 Å². The minimum atomic E-state index is -0.0210. The van der Waals surface area contributed by atoms with Crippen molar-refractivity contribution >= 4 is 17.5 Å². The second-order valence-corrected chi connectivity index (χ2v) is 7.14. The summed E-state index contributed by atoms with van der Waals surface area (Å²) in [6.07, 6.45) is 0. The summed E-state index contributed by atoms with van der Waals surface area (Å²) in [5, 5.41) is 8.96. The fourth-order valence-electron chi connectivity index (χ4n) is 2.70. The van der Waals surface area contributed by atoms with Gasteiger partial charge in [0.1, 0.15) is 18.1 Å². The Hall–Kier alpha value is -3.20. The Kier molecular flexibility index (Phi) is 5.57. The van der Waals surface area contributed by atoms with Gasteiger partial charge in [-0.05, 0) is 42.5 Å². The van der Waals surface area contributed by atoms with E-state index in [2.05, 4.69) is 10.2 Å². The van der Waals surface area contributed by atoms with Crippen LogP contribution in [0.5, 0.6) is 23.0 Å². The van der Waals surface area contributed by atoms with Crippen LogP contribution in [0.15, 0.2) is 47.6 Å². The van der Waals surface area contributed by atoms with Gasteiger partial charge in [-0.3, -0.25) is 4.79 Å². The minimum absolute atomic E-state index is 0.0210. The minimum Gasteiger partial charge on any atom is -0.497 e. The van der Waals surface area contributed by atoms with E-state index in [9.17, 15) is 4.79 Å². The van der Waals surface area contributed by atoms with Crippen molar-refractivity contribution in [3.8, 4) is 23.0 Å². The van der Waals surface area contributed by atoms with Gasteiger partial charge in [0.15, 0.2) is 28.3 Å². The van der Waals surface area contributed by atoms with Gasteiger partial charge in [0.05, 0.1) is 12.9 Å². The van der Waals surface area contributed by atoms with Crippen molar-refractivity contribution in [2.24, 2.45) is 7.05 Å². The molecule has 0 saturated carbocycles. The number of rotatable bonds is 8. The fraction of sp³-hybridized carbons (Fsp3) is 0.250. The summed E-state index contributed by atoms with van der Waals surface area (Å²) < 4.78 is 23.3. The maximum atomic E-state index is 12.5. The molecule has 1 aliphatic rings. The van der Waals surface area contributed by atoms with Gasteiger partial charge in [-0.25, -0.2) is 0 Å². The topological polar surface area (TPSA) is 84.7 Å². The van der Waals surface area contributed by atoms with Crippen LogP contribution in [-0.2, 0) is 13.7 Å². The lowest BCUT2D eigenvalue weighted by atomic mass is 10.1. The number of ether oxygens (including phenoxy) is 4. The number of Topliss-reactive ketones (excluding diaryl/α,β-unsaturated/α-hetero) is 1. The van der Waals surface area contributed by atoms with Crippen molar-refractivity contribution in [3.05, 3.63) is 53.9 Å². The highest BCUT2D eigenvalue weighted by molar-refractivity contribution is 7.99. The number of hydrogen-bond donors (Lipinski definition) is 0. The largest absolute Gasteiger partial charge is 0.497 e. The van der Waals surface area contributed by atoms with Gasteiger partial charge in [-0.2, -0.15) is 0 Å². The lowest BCUT2D eigenvalue weighted by Crippen LogP contribution is -2.06. The summed E-state index contributed by atoms with van der Waals surface area (Å²) in [4.78, 5) is 12.5. The van der Waals surface area contributed by atoms with E-state index in [1.807, 2.05) is 35.9 Å². The first-order valence-corrected chi connectivity index (χ1v) is 9.83. The van der Waals surface area contributed by atoms with Gasteiger partial charge in [0.2, 0.25) is 6.79 Å². The van der Waals surface area contributed by atoms with Gasteiger partial charge in [-0.15, -0.1) is 10.2 Å². The molecular weight excluding hydrogens is 394 g/mol. The van der Waals surface area contributed by atoms with E-state index in [0.29, 0.717) is 33.8 Å². The first kappa shape index (κ1) is 19.1. The van der Waals surface area contributed by atoms with Gasteiger partial charge >= 0.3 is 0 Å².